The van der Waals surface area contributed by atoms with Crippen LogP contribution in [0.5, 0.6) is 0 Å². The highest BCUT2D eigenvalue weighted by Crippen LogP contribution is 2.15. The number of nitrogens with one attached hydrogen (secondary N) is 2. The molecule has 1 atom stereocenters. The number of Topliss-reactive ketones (excluding diaryl/α,β-unsaturated/α-hetero) is 1. The minimum absolute atomic E-state index is 0.0233. The van der Waals surface area contributed by atoms with E-state index in [2.05, 4.69) is 10.6 Å². The molecule has 1 aromatic rings. The summed E-state index contributed by atoms with van der Waals surface area (Å²) in [6.45, 7) is 3.82. The van der Waals surface area contributed by atoms with Crippen molar-refractivity contribution in [2.75, 3.05) is 31.5 Å². The largest absolute Gasteiger partial charge is 0.351 e. The van der Waals surface area contributed by atoms with Gasteiger partial charge in [0.05, 0.1) is 6.54 Å². The Balaban J connectivity index is 1.59. The van der Waals surface area contributed by atoms with Crippen LogP contribution >= 0.6 is 12.2 Å². The summed E-state index contributed by atoms with van der Waals surface area (Å²) >= 11 is 5.38. The summed E-state index contributed by atoms with van der Waals surface area (Å²) in [5.74, 6) is -0.0836. The van der Waals surface area contributed by atoms with E-state index in [0.29, 0.717) is 29.3 Å². The average Bonchev–Trinajstić information content (AvgIpc) is 3.18. The van der Waals surface area contributed by atoms with Gasteiger partial charge in [-0.25, -0.2) is 0 Å². The van der Waals surface area contributed by atoms with E-state index in [-0.39, 0.29) is 24.1 Å². The number of carbonyl (C=O) groups excluding carboxylic acids is 3. The van der Waals surface area contributed by atoms with E-state index in [1.54, 1.807) is 23.1 Å². The number of ketones is 1. The number of hydrogen-bond donors (Lipinski definition) is 2. The smallest absolute Gasteiger partial charge is 0.245 e. The molecule has 2 heterocycles. The predicted molar refractivity (Wildman–Crippen MR) is 116 cm³/mol. The highest BCUT2D eigenvalue weighted by atomic mass is 32.1. The monoisotopic (exact) mass is 416 g/mol. The van der Waals surface area contributed by atoms with Crippen molar-refractivity contribution in [3.63, 3.8) is 0 Å². The summed E-state index contributed by atoms with van der Waals surface area (Å²) < 4.78 is 0. The zero-order valence-electron chi connectivity index (χ0n) is 16.8. The minimum Gasteiger partial charge on any atom is -0.351 e. The first kappa shape index (κ1) is 21.2. The van der Waals surface area contributed by atoms with Gasteiger partial charge < -0.3 is 20.4 Å². The summed E-state index contributed by atoms with van der Waals surface area (Å²) in [6.07, 6.45) is 4.50. The third-order valence-electron chi connectivity index (χ3n) is 5.40. The van der Waals surface area contributed by atoms with E-state index in [0.717, 1.165) is 38.8 Å². The Hall–Kier alpha value is -2.48. The van der Waals surface area contributed by atoms with Gasteiger partial charge in [-0.3, -0.25) is 14.4 Å². The first-order valence-corrected chi connectivity index (χ1v) is 10.6. The van der Waals surface area contributed by atoms with Crippen LogP contribution in [0.2, 0.25) is 0 Å². The van der Waals surface area contributed by atoms with Crippen molar-refractivity contribution < 1.29 is 14.4 Å². The van der Waals surface area contributed by atoms with Gasteiger partial charge in [0.2, 0.25) is 11.8 Å². The Morgan fingerprint density at radius 1 is 1.14 bits per heavy atom. The van der Waals surface area contributed by atoms with Crippen LogP contribution in [0.1, 0.15) is 49.4 Å². The van der Waals surface area contributed by atoms with Crippen molar-refractivity contribution >= 4 is 40.6 Å². The fourth-order valence-corrected chi connectivity index (χ4v) is 4.03. The molecule has 0 unspecified atom stereocenters. The van der Waals surface area contributed by atoms with Crippen molar-refractivity contribution in [2.45, 2.75) is 45.1 Å². The van der Waals surface area contributed by atoms with Crippen molar-refractivity contribution in [3.8, 4) is 0 Å². The third kappa shape index (κ3) is 5.76. The van der Waals surface area contributed by atoms with Crippen molar-refractivity contribution in [1.29, 1.82) is 0 Å². The van der Waals surface area contributed by atoms with Gasteiger partial charge >= 0.3 is 0 Å². The Morgan fingerprint density at radius 2 is 1.86 bits per heavy atom. The second-order valence-electron chi connectivity index (χ2n) is 7.63. The van der Waals surface area contributed by atoms with Crippen LogP contribution in [0.4, 0.5) is 5.69 Å². The molecular weight excluding hydrogens is 388 g/mol. The van der Waals surface area contributed by atoms with Crippen LogP contribution in [0, 0.1) is 0 Å². The molecular formula is C21H28N4O3S. The van der Waals surface area contributed by atoms with Crippen LogP contribution in [0.3, 0.4) is 0 Å². The standard InChI is InChI=1S/C21H28N4O3S/c1-15(26)16-7-6-8-17(13-16)22-21(29)23-18-9-2-3-12-25(20(18)28)14-19(27)24-10-4-5-11-24/h6-8,13,18H,2-5,9-12,14H2,1H3,(H2,22,23,29)/t18-/m0/s1. The Morgan fingerprint density at radius 3 is 2.59 bits per heavy atom. The number of thiocarbonyl (C=S) groups is 1. The lowest BCUT2D eigenvalue weighted by molar-refractivity contribution is -0.140. The molecule has 29 heavy (non-hydrogen) atoms. The summed E-state index contributed by atoms with van der Waals surface area (Å²) in [5.41, 5.74) is 1.28. The van der Waals surface area contributed by atoms with E-state index in [1.807, 2.05) is 11.0 Å². The first-order chi connectivity index (χ1) is 13.9. The maximum Gasteiger partial charge on any atom is 0.245 e. The van der Waals surface area contributed by atoms with E-state index in [9.17, 15) is 14.4 Å². The lowest BCUT2D eigenvalue weighted by atomic mass is 10.1. The molecule has 0 aromatic heterocycles. The van der Waals surface area contributed by atoms with Crippen LogP contribution in [-0.2, 0) is 9.59 Å². The maximum absolute atomic E-state index is 13.0. The minimum atomic E-state index is -0.458. The number of nitrogens with zero attached hydrogens (tertiary/aromatic N) is 2. The number of anilines is 1. The summed E-state index contributed by atoms with van der Waals surface area (Å²) in [6, 6.07) is 6.61. The molecule has 2 aliphatic rings. The Kier molecular flexibility index (Phi) is 7.19. The normalized spacial score (nSPS) is 19.6. The SMILES string of the molecule is CC(=O)c1cccc(NC(=S)N[C@H]2CCCCN(CC(=O)N3CCCC3)C2=O)c1. The molecule has 2 amide bonds. The topological polar surface area (TPSA) is 81.8 Å². The molecule has 156 valence electrons. The first-order valence-electron chi connectivity index (χ1n) is 10.2. The van der Waals surface area contributed by atoms with Crippen molar-refractivity contribution in [1.82, 2.24) is 15.1 Å². The Labute approximate surface area is 176 Å². The number of carbonyl (C=O) groups is 3. The van der Waals surface area contributed by atoms with E-state index in [4.69, 9.17) is 12.2 Å². The van der Waals surface area contributed by atoms with Gasteiger partial charge in [-0.05, 0) is 63.4 Å². The average molecular weight is 417 g/mol. The molecule has 8 heteroatoms. The fourth-order valence-electron chi connectivity index (χ4n) is 3.77. The highest BCUT2D eigenvalue weighted by molar-refractivity contribution is 7.80. The van der Waals surface area contributed by atoms with Gasteiger partial charge in [0, 0.05) is 30.9 Å². The highest BCUT2D eigenvalue weighted by Gasteiger charge is 2.30. The second kappa shape index (κ2) is 9.82. The molecule has 2 aliphatic heterocycles. The lowest BCUT2D eigenvalue weighted by Gasteiger charge is -2.27. The number of likely N-dealkylation sites (tertiary alicyclic amines) is 2. The van der Waals surface area contributed by atoms with Gasteiger partial charge in [-0.15, -0.1) is 0 Å². The summed E-state index contributed by atoms with van der Waals surface area (Å²) in [5, 5.41) is 6.48. The molecule has 3 rings (SSSR count). The molecule has 2 N–H and O–H groups in total. The van der Waals surface area contributed by atoms with Crippen LogP contribution in [0.15, 0.2) is 24.3 Å². The maximum atomic E-state index is 13.0. The van der Waals surface area contributed by atoms with Crippen molar-refractivity contribution in [3.05, 3.63) is 29.8 Å². The molecule has 7 nitrogen and oxygen atoms in total. The number of amides is 2. The quantitative estimate of drug-likeness (QED) is 0.566. The third-order valence-corrected chi connectivity index (χ3v) is 5.62. The zero-order valence-corrected chi connectivity index (χ0v) is 17.6. The van der Waals surface area contributed by atoms with E-state index in [1.165, 1.54) is 6.92 Å². The summed E-state index contributed by atoms with van der Waals surface area (Å²) in [4.78, 5) is 40.5. The molecule has 0 radical (unpaired) electrons. The van der Waals surface area contributed by atoms with Gasteiger partial charge in [0.15, 0.2) is 10.9 Å². The van der Waals surface area contributed by atoms with E-state index >= 15 is 0 Å². The number of hydrogen-bond acceptors (Lipinski definition) is 4. The fraction of sp³-hybridized carbons (Fsp3) is 0.524. The summed E-state index contributed by atoms with van der Waals surface area (Å²) in [7, 11) is 0. The molecule has 0 spiro atoms. The molecule has 0 saturated carbocycles. The van der Waals surface area contributed by atoms with Crippen LogP contribution in [0.25, 0.3) is 0 Å². The van der Waals surface area contributed by atoms with Gasteiger partial charge in [0.25, 0.3) is 0 Å². The van der Waals surface area contributed by atoms with Crippen molar-refractivity contribution in [2.24, 2.45) is 0 Å². The van der Waals surface area contributed by atoms with Crippen LogP contribution in [-0.4, -0.2) is 64.7 Å². The molecule has 1 aromatic carbocycles. The molecule has 2 saturated heterocycles. The van der Waals surface area contributed by atoms with Gasteiger partial charge in [-0.2, -0.15) is 0 Å². The predicted octanol–water partition coefficient (Wildman–Crippen LogP) is 2.18. The van der Waals surface area contributed by atoms with Gasteiger partial charge in [-0.1, -0.05) is 12.1 Å². The Bertz CT molecular complexity index is 792. The van der Waals surface area contributed by atoms with E-state index < -0.39 is 6.04 Å². The molecule has 0 aliphatic carbocycles. The lowest BCUT2D eigenvalue weighted by Crippen LogP contribution is -2.51. The zero-order chi connectivity index (χ0) is 20.8. The van der Waals surface area contributed by atoms with Gasteiger partial charge in [0.1, 0.15) is 6.04 Å². The molecule has 2 fully saturated rings. The molecule has 0 bridgehead atoms. The second-order valence-corrected chi connectivity index (χ2v) is 8.04. The number of rotatable bonds is 5. The number of benzene rings is 1. The van der Waals surface area contributed by atoms with Crippen LogP contribution < -0.4 is 10.6 Å².